The molecule has 0 rings (SSSR count). The quantitative estimate of drug-likeness (QED) is 0.431. The Morgan fingerprint density at radius 1 is 0.958 bits per heavy atom. The van der Waals surface area contributed by atoms with Gasteiger partial charge in [0.15, 0.2) is 0 Å². The Balaban J connectivity index is 4.94. The second-order valence-electron chi connectivity index (χ2n) is 5.58. The summed E-state index contributed by atoms with van der Waals surface area (Å²) in [4.78, 5) is 0. The summed E-state index contributed by atoms with van der Waals surface area (Å²) in [6.07, 6.45) is -5.35. The average molecular weight is 408 g/mol. The maximum atomic E-state index is 12.7. The van der Waals surface area contributed by atoms with Crippen molar-refractivity contribution >= 4 is 20.2 Å². The van der Waals surface area contributed by atoms with Crippen molar-refractivity contribution in [2.75, 3.05) is 31.8 Å². The first-order valence-electron chi connectivity index (χ1n) is 6.19. The third-order valence-corrected chi connectivity index (χ3v) is 4.14. The van der Waals surface area contributed by atoms with E-state index in [1.807, 2.05) is 0 Å². The summed E-state index contributed by atoms with van der Waals surface area (Å²) in [6.45, 7) is -2.62. The molecule has 0 fully saturated rings. The van der Waals surface area contributed by atoms with E-state index in [1.165, 1.54) is 0 Å². The van der Waals surface area contributed by atoms with Gasteiger partial charge in [0.2, 0.25) is 0 Å². The molecular formula is C10H17F5O7S2. The van der Waals surface area contributed by atoms with Crippen LogP contribution >= 0.6 is 0 Å². The molecular weight excluding hydrogens is 391 g/mol. The summed E-state index contributed by atoms with van der Waals surface area (Å²) in [5.74, 6) is -5.66. The van der Waals surface area contributed by atoms with Crippen molar-refractivity contribution in [2.24, 2.45) is 5.41 Å². The molecule has 7 nitrogen and oxygen atoms in total. The zero-order valence-corrected chi connectivity index (χ0v) is 14.3. The van der Waals surface area contributed by atoms with Crippen LogP contribution in [0.1, 0.15) is 13.3 Å². The SMILES string of the molecule is CC(CCS(C)(=O)=O)(COCC(F)(F)C(F)(F)F)COS(=O)(=O)O. The van der Waals surface area contributed by atoms with E-state index >= 15 is 0 Å². The summed E-state index contributed by atoms with van der Waals surface area (Å²) in [6, 6.07) is 0. The van der Waals surface area contributed by atoms with Crippen molar-refractivity contribution in [2.45, 2.75) is 25.4 Å². The molecule has 0 aliphatic heterocycles. The van der Waals surface area contributed by atoms with Crippen LogP contribution in [0.15, 0.2) is 0 Å². The minimum Gasteiger partial charge on any atom is -0.374 e. The van der Waals surface area contributed by atoms with E-state index in [0.717, 1.165) is 13.2 Å². The number of hydrogen-bond donors (Lipinski definition) is 1. The van der Waals surface area contributed by atoms with Crippen LogP contribution in [0.2, 0.25) is 0 Å². The van der Waals surface area contributed by atoms with Crippen LogP contribution in [-0.4, -0.2) is 65.3 Å². The van der Waals surface area contributed by atoms with E-state index in [9.17, 15) is 38.8 Å². The predicted molar refractivity (Wildman–Crippen MR) is 71.8 cm³/mol. The van der Waals surface area contributed by atoms with Crippen molar-refractivity contribution in [3.05, 3.63) is 0 Å². The second kappa shape index (κ2) is 7.76. The first-order valence-corrected chi connectivity index (χ1v) is 9.61. The summed E-state index contributed by atoms with van der Waals surface area (Å²) in [5, 5.41) is 0. The van der Waals surface area contributed by atoms with Gasteiger partial charge >= 0.3 is 22.5 Å². The highest BCUT2D eigenvalue weighted by molar-refractivity contribution is 7.90. The zero-order valence-electron chi connectivity index (χ0n) is 12.6. The predicted octanol–water partition coefficient (Wildman–Crippen LogP) is 1.46. The van der Waals surface area contributed by atoms with E-state index < -0.39 is 63.3 Å². The van der Waals surface area contributed by atoms with E-state index in [-0.39, 0.29) is 6.42 Å². The first kappa shape index (κ1) is 23.4. The molecule has 0 aromatic heterocycles. The van der Waals surface area contributed by atoms with Crippen LogP contribution in [-0.2, 0) is 29.2 Å². The summed E-state index contributed by atoms with van der Waals surface area (Å²) >= 11 is 0. The lowest BCUT2D eigenvalue weighted by Gasteiger charge is -2.29. The van der Waals surface area contributed by atoms with Gasteiger partial charge in [0.25, 0.3) is 0 Å². The first-order chi connectivity index (χ1) is 10.4. The van der Waals surface area contributed by atoms with Crippen LogP contribution in [0, 0.1) is 5.41 Å². The molecule has 0 saturated carbocycles. The normalized spacial score (nSPS) is 16.8. The Hall–Kier alpha value is -0.570. The Morgan fingerprint density at radius 3 is 1.83 bits per heavy atom. The number of sulfone groups is 1. The topological polar surface area (TPSA) is 107 Å². The van der Waals surface area contributed by atoms with Crippen molar-refractivity contribution in [3.63, 3.8) is 0 Å². The third-order valence-electron chi connectivity index (χ3n) is 2.78. The van der Waals surface area contributed by atoms with Gasteiger partial charge in [-0.3, -0.25) is 4.55 Å². The molecule has 14 heteroatoms. The van der Waals surface area contributed by atoms with Crippen molar-refractivity contribution in [1.82, 2.24) is 0 Å². The molecule has 1 N–H and O–H groups in total. The van der Waals surface area contributed by atoms with Crippen LogP contribution in [0.4, 0.5) is 22.0 Å². The molecule has 0 saturated heterocycles. The smallest absolute Gasteiger partial charge is 0.374 e. The highest BCUT2D eigenvalue weighted by atomic mass is 32.3. The van der Waals surface area contributed by atoms with Gasteiger partial charge in [-0.15, -0.1) is 0 Å². The highest BCUT2D eigenvalue weighted by Crippen LogP contribution is 2.36. The molecule has 0 amide bonds. The minimum atomic E-state index is -5.83. The molecule has 1 atom stereocenters. The average Bonchev–Trinajstić information content (AvgIpc) is 2.31. The van der Waals surface area contributed by atoms with Gasteiger partial charge in [0.05, 0.1) is 19.0 Å². The Morgan fingerprint density at radius 2 is 1.46 bits per heavy atom. The molecule has 0 spiro atoms. The second-order valence-corrected chi connectivity index (χ2v) is 8.93. The molecule has 0 heterocycles. The lowest BCUT2D eigenvalue weighted by Crippen LogP contribution is -2.42. The Labute approximate surface area is 136 Å². The molecule has 24 heavy (non-hydrogen) atoms. The molecule has 146 valence electrons. The fraction of sp³-hybridized carbons (Fsp3) is 1.00. The molecule has 0 aromatic carbocycles. The van der Waals surface area contributed by atoms with Gasteiger partial charge in [-0.1, -0.05) is 6.92 Å². The largest absolute Gasteiger partial charge is 0.455 e. The number of halogens is 5. The monoisotopic (exact) mass is 408 g/mol. The number of alkyl halides is 5. The van der Waals surface area contributed by atoms with Gasteiger partial charge < -0.3 is 4.74 Å². The van der Waals surface area contributed by atoms with Gasteiger partial charge in [0.1, 0.15) is 16.4 Å². The molecule has 1 unspecified atom stereocenters. The van der Waals surface area contributed by atoms with Gasteiger partial charge in [-0.05, 0) is 6.42 Å². The molecule has 0 aromatic rings. The van der Waals surface area contributed by atoms with Gasteiger partial charge in [0, 0.05) is 11.7 Å². The summed E-state index contributed by atoms with van der Waals surface area (Å²) < 4.78 is 122. The summed E-state index contributed by atoms with van der Waals surface area (Å²) in [7, 11) is -8.46. The van der Waals surface area contributed by atoms with E-state index in [1.54, 1.807) is 0 Å². The Kier molecular flexibility index (Phi) is 7.58. The fourth-order valence-corrected chi connectivity index (χ4v) is 2.64. The minimum absolute atomic E-state index is 0.362. The highest BCUT2D eigenvalue weighted by Gasteiger charge is 2.57. The fourth-order valence-electron chi connectivity index (χ4n) is 1.34. The molecule has 0 radical (unpaired) electrons. The maximum Gasteiger partial charge on any atom is 0.455 e. The van der Waals surface area contributed by atoms with E-state index in [0.29, 0.717) is 0 Å². The van der Waals surface area contributed by atoms with Gasteiger partial charge in [-0.2, -0.15) is 30.4 Å². The van der Waals surface area contributed by atoms with Crippen LogP contribution in [0.3, 0.4) is 0 Å². The molecule has 0 aliphatic rings. The zero-order chi connectivity index (χ0) is 19.4. The van der Waals surface area contributed by atoms with E-state index in [4.69, 9.17) is 4.55 Å². The molecule has 0 aliphatic carbocycles. The van der Waals surface area contributed by atoms with Gasteiger partial charge in [-0.25, -0.2) is 12.6 Å². The van der Waals surface area contributed by atoms with Crippen molar-refractivity contribution in [1.29, 1.82) is 0 Å². The lowest BCUT2D eigenvalue weighted by molar-refractivity contribution is -0.298. The van der Waals surface area contributed by atoms with Crippen LogP contribution in [0.25, 0.3) is 0 Å². The number of hydrogen-bond acceptors (Lipinski definition) is 6. The maximum absolute atomic E-state index is 12.7. The third kappa shape index (κ3) is 9.66. The standard InChI is InChI=1S/C10H17F5O7S2/c1-8(3-4-23(2,16)17,6-22-24(18,19)20)5-21-7-9(11,12)10(13,14)15/h3-7H2,1-2H3,(H,18,19,20). The van der Waals surface area contributed by atoms with Crippen molar-refractivity contribution < 1.29 is 52.3 Å². The summed E-state index contributed by atoms with van der Waals surface area (Å²) in [5.41, 5.74) is -1.56. The van der Waals surface area contributed by atoms with Crippen LogP contribution < -0.4 is 0 Å². The Bertz CT molecular complexity index is 576. The number of rotatable bonds is 10. The number of ether oxygens (including phenoxy) is 1. The van der Waals surface area contributed by atoms with E-state index in [2.05, 4.69) is 8.92 Å². The van der Waals surface area contributed by atoms with Crippen molar-refractivity contribution in [3.8, 4) is 0 Å². The van der Waals surface area contributed by atoms with Crippen LogP contribution in [0.5, 0.6) is 0 Å². The lowest BCUT2D eigenvalue weighted by atomic mass is 9.90. The molecule has 0 bridgehead atoms.